The predicted octanol–water partition coefficient (Wildman–Crippen LogP) is 1.78. The molecule has 0 aromatic heterocycles. The zero-order chi connectivity index (χ0) is 11.3. The van der Waals surface area contributed by atoms with Gasteiger partial charge in [-0.25, -0.2) is 0 Å². The number of rotatable bonds is 3. The monoisotopic (exact) mass is 207 g/mol. The van der Waals surface area contributed by atoms with E-state index in [1.165, 1.54) is 5.56 Å². The molecular weight excluding hydrogens is 190 g/mol. The molecule has 0 spiro atoms. The first-order valence-electron chi connectivity index (χ1n) is 5.07. The second-order valence-corrected chi connectivity index (χ2v) is 3.18. The minimum Gasteiger partial charge on any atom is -0.408 e. The van der Waals surface area contributed by atoms with Crippen LogP contribution in [0, 0.1) is 0 Å². The van der Waals surface area contributed by atoms with Gasteiger partial charge in [0, 0.05) is 12.2 Å². The van der Waals surface area contributed by atoms with Gasteiger partial charge in [0.1, 0.15) is 0 Å². The molecule has 0 saturated heterocycles. The number of nitrogens with zero attached hydrogens (tertiary/aromatic N) is 2. The quantitative estimate of drug-likeness (QED) is 0.344. The molecule has 1 aromatic carbocycles. The van der Waals surface area contributed by atoms with E-state index in [9.17, 15) is 0 Å². The average Bonchev–Trinajstić information content (AvgIpc) is 2.30. The van der Waals surface area contributed by atoms with Gasteiger partial charge >= 0.3 is 0 Å². The summed E-state index contributed by atoms with van der Waals surface area (Å²) in [5.41, 5.74) is 7.79. The molecule has 4 heteroatoms. The zero-order valence-electron chi connectivity index (χ0n) is 9.14. The smallest absolute Gasteiger partial charge is 0.237 e. The largest absolute Gasteiger partial charge is 0.408 e. The van der Waals surface area contributed by atoms with Crippen molar-refractivity contribution in [3.63, 3.8) is 0 Å². The Morgan fingerprint density at radius 1 is 1.40 bits per heavy atom. The van der Waals surface area contributed by atoms with Gasteiger partial charge in [-0.15, -0.1) is 0 Å². The fourth-order valence-electron chi connectivity index (χ4n) is 1.58. The van der Waals surface area contributed by atoms with Crippen LogP contribution in [0.4, 0.5) is 5.69 Å². The second kappa shape index (κ2) is 5.24. The predicted molar refractivity (Wildman–Crippen MR) is 62.2 cm³/mol. The lowest BCUT2D eigenvalue weighted by Crippen LogP contribution is -2.37. The maximum atomic E-state index is 8.68. The molecule has 0 radical (unpaired) electrons. The number of aryl methyl sites for hydroxylation is 1. The van der Waals surface area contributed by atoms with E-state index in [4.69, 9.17) is 10.9 Å². The maximum Gasteiger partial charge on any atom is 0.237 e. The molecule has 0 aliphatic carbocycles. The lowest BCUT2D eigenvalue weighted by Gasteiger charge is -2.23. The number of nitrogens with two attached hydrogens (primary N) is 1. The number of hydrogen-bond donors (Lipinski definition) is 2. The molecule has 0 unspecified atom stereocenters. The molecule has 1 aromatic rings. The van der Waals surface area contributed by atoms with Crippen LogP contribution in [0.25, 0.3) is 0 Å². The second-order valence-electron chi connectivity index (χ2n) is 3.18. The van der Waals surface area contributed by atoms with Crippen LogP contribution in [0.1, 0.15) is 19.4 Å². The van der Waals surface area contributed by atoms with Gasteiger partial charge in [0.15, 0.2) is 0 Å². The van der Waals surface area contributed by atoms with E-state index >= 15 is 0 Å². The molecule has 1 rings (SSSR count). The number of oxime groups is 1. The van der Waals surface area contributed by atoms with Crippen molar-refractivity contribution in [1.82, 2.24) is 0 Å². The summed E-state index contributed by atoms with van der Waals surface area (Å²) in [5, 5.41) is 11.7. The molecule has 0 saturated carbocycles. The average molecular weight is 207 g/mol. The third kappa shape index (κ3) is 2.40. The Labute approximate surface area is 90.0 Å². The SMILES string of the molecule is CCc1ccccc1N(CC)/C(N)=N/O. The summed E-state index contributed by atoms with van der Waals surface area (Å²) in [6, 6.07) is 7.95. The molecule has 0 aliphatic rings. The molecular formula is C11H17N3O. The minimum absolute atomic E-state index is 0.124. The zero-order valence-corrected chi connectivity index (χ0v) is 9.14. The van der Waals surface area contributed by atoms with Crippen molar-refractivity contribution in [2.45, 2.75) is 20.3 Å². The lowest BCUT2D eigenvalue weighted by atomic mass is 10.1. The first-order chi connectivity index (χ1) is 7.24. The van der Waals surface area contributed by atoms with E-state index in [2.05, 4.69) is 12.1 Å². The molecule has 0 heterocycles. The van der Waals surface area contributed by atoms with Crippen molar-refractivity contribution in [2.75, 3.05) is 11.4 Å². The van der Waals surface area contributed by atoms with Gasteiger partial charge in [-0.05, 0) is 25.0 Å². The molecule has 15 heavy (non-hydrogen) atoms. The molecule has 3 N–H and O–H groups in total. The Morgan fingerprint density at radius 2 is 2.07 bits per heavy atom. The Bertz CT molecular complexity index is 349. The number of guanidine groups is 1. The normalized spacial score (nSPS) is 11.5. The molecule has 0 atom stereocenters. The van der Waals surface area contributed by atoms with Gasteiger partial charge < -0.3 is 15.8 Å². The van der Waals surface area contributed by atoms with Crippen molar-refractivity contribution < 1.29 is 5.21 Å². The van der Waals surface area contributed by atoms with Crippen LogP contribution in [0.2, 0.25) is 0 Å². The van der Waals surface area contributed by atoms with Gasteiger partial charge in [0.25, 0.3) is 0 Å². The van der Waals surface area contributed by atoms with Crippen LogP contribution in [0.5, 0.6) is 0 Å². The topological polar surface area (TPSA) is 61.8 Å². The Morgan fingerprint density at radius 3 is 2.60 bits per heavy atom. The lowest BCUT2D eigenvalue weighted by molar-refractivity contribution is 0.317. The molecule has 0 bridgehead atoms. The van der Waals surface area contributed by atoms with E-state index in [1.54, 1.807) is 4.90 Å². The van der Waals surface area contributed by atoms with Crippen LogP contribution in [-0.2, 0) is 6.42 Å². The highest BCUT2D eigenvalue weighted by atomic mass is 16.4. The first kappa shape index (κ1) is 11.4. The molecule has 0 fully saturated rings. The van der Waals surface area contributed by atoms with E-state index in [1.807, 2.05) is 31.2 Å². The van der Waals surface area contributed by atoms with Crippen molar-refractivity contribution in [3.05, 3.63) is 29.8 Å². The highest BCUT2D eigenvalue weighted by molar-refractivity contribution is 5.95. The summed E-state index contributed by atoms with van der Waals surface area (Å²) < 4.78 is 0. The molecule has 0 amide bonds. The van der Waals surface area contributed by atoms with Crippen LogP contribution in [0.15, 0.2) is 29.4 Å². The summed E-state index contributed by atoms with van der Waals surface area (Å²) in [4.78, 5) is 1.78. The molecule has 0 aliphatic heterocycles. The third-order valence-electron chi connectivity index (χ3n) is 2.36. The van der Waals surface area contributed by atoms with E-state index in [0.717, 1.165) is 12.1 Å². The van der Waals surface area contributed by atoms with Gasteiger partial charge in [-0.3, -0.25) is 0 Å². The molecule has 82 valence electrons. The number of para-hydroxylation sites is 1. The number of anilines is 1. The van der Waals surface area contributed by atoms with E-state index < -0.39 is 0 Å². The summed E-state index contributed by atoms with van der Waals surface area (Å²) >= 11 is 0. The third-order valence-corrected chi connectivity index (χ3v) is 2.36. The summed E-state index contributed by atoms with van der Waals surface area (Å²) in [6.45, 7) is 4.72. The molecule has 4 nitrogen and oxygen atoms in total. The maximum absolute atomic E-state index is 8.68. The fraction of sp³-hybridized carbons (Fsp3) is 0.364. The number of benzene rings is 1. The van der Waals surface area contributed by atoms with Crippen molar-refractivity contribution in [2.24, 2.45) is 10.9 Å². The van der Waals surface area contributed by atoms with Gasteiger partial charge in [-0.1, -0.05) is 30.3 Å². The van der Waals surface area contributed by atoms with Crippen molar-refractivity contribution in [3.8, 4) is 0 Å². The van der Waals surface area contributed by atoms with Gasteiger partial charge in [0.2, 0.25) is 5.96 Å². The highest BCUT2D eigenvalue weighted by Crippen LogP contribution is 2.20. The first-order valence-corrected chi connectivity index (χ1v) is 5.07. The van der Waals surface area contributed by atoms with Crippen LogP contribution in [0.3, 0.4) is 0 Å². The van der Waals surface area contributed by atoms with Crippen molar-refractivity contribution in [1.29, 1.82) is 0 Å². The van der Waals surface area contributed by atoms with Crippen LogP contribution >= 0.6 is 0 Å². The summed E-state index contributed by atoms with van der Waals surface area (Å²) in [6.07, 6.45) is 0.922. The Hall–Kier alpha value is -1.71. The van der Waals surface area contributed by atoms with Crippen LogP contribution < -0.4 is 10.6 Å². The van der Waals surface area contributed by atoms with Crippen molar-refractivity contribution >= 4 is 11.6 Å². The summed E-state index contributed by atoms with van der Waals surface area (Å²) in [5.74, 6) is 0.124. The summed E-state index contributed by atoms with van der Waals surface area (Å²) in [7, 11) is 0. The standard InChI is InChI=1S/C11H17N3O/c1-3-9-7-5-6-8-10(9)14(4-2)11(12)13-15/h5-8,15H,3-4H2,1-2H3,(H2,12,13). The van der Waals surface area contributed by atoms with E-state index in [-0.39, 0.29) is 5.96 Å². The van der Waals surface area contributed by atoms with Gasteiger partial charge in [-0.2, -0.15) is 0 Å². The fourth-order valence-corrected chi connectivity index (χ4v) is 1.58. The van der Waals surface area contributed by atoms with Crippen LogP contribution in [-0.4, -0.2) is 17.7 Å². The Kier molecular flexibility index (Phi) is 3.97. The van der Waals surface area contributed by atoms with Gasteiger partial charge in [0.05, 0.1) is 0 Å². The highest BCUT2D eigenvalue weighted by Gasteiger charge is 2.11. The number of hydrogen-bond acceptors (Lipinski definition) is 2. The van der Waals surface area contributed by atoms with E-state index in [0.29, 0.717) is 6.54 Å². The Balaban J connectivity index is 3.11. The minimum atomic E-state index is 0.124.